The van der Waals surface area contributed by atoms with Crippen molar-refractivity contribution in [2.24, 2.45) is 5.92 Å². The summed E-state index contributed by atoms with van der Waals surface area (Å²) in [5.74, 6) is -0.281. The van der Waals surface area contributed by atoms with Crippen molar-refractivity contribution in [3.05, 3.63) is 24.3 Å². The Morgan fingerprint density at radius 1 is 1.53 bits per heavy atom. The smallest absolute Gasteiger partial charge is 0.317 e. The van der Waals surface area contributed by atoms with Gasteiger partial charge in [-0.15, -0.1) is 0 Å². The Morgan fingerprint density at radius 2 is 2.42 bits per heavy atom. The number of aliphatic carboxylic acids is 1. The molecule has 0 saturated carbocycles. The van der Waals surface area contributed by atoms with E-state index in [1.54, 1.807) is 18.6 Å². The summed E-state index contributed by atoms with van der Waals surface area (Å²) in [6, 6.07) is 0. The number of nitrogens with one attached hydrogen (secondary N) is 1. The summed E-state index contributed by atoms with van der Waals surface area (Å²) in [5.41, 5.74) is 0.988. The molecule has 6 nitrogen and oxygen atoms in total. The van der Waals surface area contributed by atoms with E-state index in [1.165, 1.54) is 0 Å². The minimum absolute atomic E-state index is 0.0423. The lowest BCUT2D eigenvalue weighted by Crippen LogP contribution is -2.40. The highest BCUT2D eigenvalue weighted by Gasteiger charge is 2.20. The molecule has 2 rings (SSSR count). The van der Waals surface area contributed by atoms with Crippen LogP contribution in [-0.4, -0.2) is 52.1 Å². The first-order valence-corrected chi connectivity index (χ1v) is 6.64. The van der Waals surface area contributed by atoms with Gasteiger partial charge in [-0.2, -0.15) is 0 Å². The molecule has 0 bridgehead atoms. The van der Waals surface area contributed by atoms with Gasteiger partial charge in [-0.05, 0) is 31.8 Å². The SMILES string of the molecule is O=C(O)CNCC1CCCN(Cc2cnccn2)C1. The molecule has 0 spiro atoms. The van der Waals surface area contributed by atoms with Gasteiger partial charge < -0.3 is 10.4 Å². The number of hydrogen-bond donors (Lipinski definition) is 2. The lowest BCUT2D eigenvalue weighted by molar-refractivity contribution is -0.136. The molecule has 19 heavy (non-hydrogen) atoms. The van der Waals surface area contributed by atoms with Gasteiger partial charge in [-0.25, -0.2) is 0 Å². The van der Waals surface area contributed by atoms with Crippen LogP contribution in [-0.2, 0) is 11.3 Å². The van der Waals surface area contributed by atoms with Gasteiger partial charge in [-0.3, -0.25) is 19.7 Å². The third-order valence-electron chi connectivity index (χ3n) is 3.31. The predicted molar refractivity (Wildman–Crippen MR) is 70.5 cm³/mol. The fourth-order valence-electron chi connectivity index (χ4n) is 2.49. The molecule has 1 aromatic rings. The quantitative estimate of drug-likeness (QED) is 0.772. The van der Waals surface area contributed by atoms with Crippen LogP contribution in [0.3, 0.4) is 0 Å². The van der Waals surface area contributed by atoms with E-state index in [0.717, 1.165) is 44.7 Å². The Hall–Kier alpha value is -1.53. The fraction of sp³-hybridized carbons (Fsp3) is 0.615. The van der Waals surface area contributed by atoms with E-state index in [4.69, 9.17) is 5.11 Å². The molecule has 0 aromatic carbocycles. The standard InChI is InChI=1S/C13H20N4O2/c18-13(19)8-15-6-11-2-1-5-17(9-11)10-12-7-14-3-4-16-12/h3-4,7,11,15H,1-2,5-6,8-10H2,(H,18,19). The summed E-state index contributed by atoms with van der Waals surface area (Å²) < 4.78 is 0. The van der Waals surface area contributed by atoms with E-state index in [-0.39, 0.29) is 6.54 Å². The predicted octanol–water partition coefficient (Wildman–Crippen LogP) is 0.363. The molecular weight excluding hydrogens is 244 g/mol. The monoisotopic (exact) mass is 264 g/mol. The molecule has 1 aromatic heterocycles. The van der Waals surface area contributed by atoms with E-state index >= 15 is 0 Å². The van der Waals surface area contributed by atoms with Crippen LogP contribution >= 0.6 is 0 Å². The van der Waals surface area contributed by atoms with Crippen LogP contribution < -0.4 is 5.32 Å². The number of hydrogen-bond acceptors (Lipinski definition) is 5. The topological polar surface area (TPSA) is 78.4 Å². The zero-order chi connectivity index (χ0) is 13.5. The normalized spacial score (nSPS) is 20.3. The van der Waals surface area contributed by atoms with Crippen molar-refractivity contribution in [1.82, 2.24) is 20.2 Å². The van der Waals surface area contributed by atoms with Gasteiger partial charge in [0.15, 0.2) is 0 Å². The molecule has 0 radical (unpaired) electrons. The van der Waals surface area contributed by atoms with Crippen LogP contribution in [0.4, 0.5) is 0 Å². The number of aromatic nitrogens is 2. The zero-order valence-electron chi connectivity index (χ0n) is 11.0. The van der Waals surface area contributed by atoms with Gasteiger partial charge in [-0.1, -0.05) is 0 Å². The average Bonchev–Trinajstić information content (AvgIpc) is 2.40. The molecule has 104 valence electrons. The van der Waals surface area contributed by atoms with E-state index in [1.807, 2.05) is 0 Å². The molecule has 6 heteroatoms. The molecule has 2 N–H and O–H groups in total. The first-order chi connectivity index (χ1) is 9.24. The maximum atomic E-state index is 10.5. The molecule has 1 atom stereocenters. The molecule has 0 amide bonds. The largest absolute Gasteiger partial charge is 0.480 e. The number of carbonyl (C=O) groups is 1. The highest BCUT2D eigenvalue weighted by atomic mass is 16.4. The van der Waals surface area contributed by atoms with Crippen molar-refractivity contribution >= 4 is 5.97 Å². The minimum atomic E-state index is -0.799. The molecular formula is C13H20N4O2. The van der Waals surface area contributed by atoms with E-state index in [9.17, 15) is 4.79 Å². The van der Waals surface area contributed by atoms with Crippen molar-refractivity contribution < 1.29 is 9.90 Å². The molecule has 1 aliphatic heterocycles. The van der Waals surface area contributed by atoms with E-state index < -0.39 is 5.97 Å². The minimum Gasteiger partial charge on any atom is -0.480 e. The zero-order valence-corrected chi connectivity index (χ0v) is 11.0. The van der Waals surface area contributed by atoms with Gasteiger partial charge in [0, 0.05) is 31.7 Å². The molecule has 0 aliphatic carbocycles. The Labute approximate surface area is 112 Å². The van der Waals surface area contributed by atoms with Crippen LogP contribution in [0, 0.1) is 5.92 Å². The second kappa shape index (κ2) is 7.16. The highest BCUT2D eigenvalue weighted by Crippen LogP contribution is 2.17. The van der Waals surface area contributed by atoms with Crippen molar-refractivity contribution in [2.75, 3.05) is 26.2 Å². The summed E-state index contributed by atoms with van der Waals surface area (Å²) >= 11 is 0. The van der Waals surface area contributed by atoms with Crippen molar-refractivity contribution in [3.8, 4) is 0 Å². The lowest BCUT2D eigenvalue weighted by atomic mass is 9.98. The van der Waals surface area contributed by atoms with E-state index in [0.29, 0.717) is 5.92 Å². The second-order valence-electron chi connectivity index (χ2n) is 4.96. The van der Waals surface area contributed by atoms with Gasteiger partial charge in [0.25, 0.3) is 0 Å². The van der Waals surface area contributed by atoms with Crippen LogP contribution in [0.2, 0.25) is 0 Å². The van der Waals surface area contributed by atoms with Crippen LogP contribution in [0.15, 0.2) is 18.6 Å². The number of nitrogens with zero attached hydrogens (tertiary/aromatic N) is 3. The van der Waals surface area contributed by atoms with Crippen molar-refractivity contribution in [3.63, 3.8) is 0 Å². The van der Waals surface area contributed by atoms with Gasteiger partial charge in [0.05, 0.1) is 12.2 Å². The average molecular weight is 264 g/mol. The summed E-state index contributed by atoms with van der Waals surface area (Å²) in [6.45, 7) is 3.70. The third-order valence-corrected chi connectivity index (χ3v) is 3.31. The first-order valence-electron chi connectivity index (χ1n) is 6.64. The van der Waals surface area contributed by atoms with Crippen LogP contribution in [0.25, 0.3) is 0 Å². The van der Waals surface area contributed by atoms with Gasteiger partial charge in [0.1, 0.15) is 0 Å². The number of rotatable bonds is 6. The Morgan fingerprint density at radius 3 is 3.16 bits per heavy atom. The highest BCUT2D eigenvalue weighted by molar-refractivity contribution is 5.68. The third kappa shape index (κ3) is 4.92. The number of carboxylic acids is 1. The Bertz CT molecular complexity index is 399. The Kier molecular flexibility index (Phi) is 5.23. The lowest BCUT2D eigenvalue weighted by Gasteiger charge is -2.32. The van der Waals surface area contributed by atoms with Crippen molar-refractivity contribution in [1.29, 1.82) is 0 Å². The van der Waals surface area contributed by atoms with Gasteiger partial charge in [0.2, 0.25) is 0 Å². The number of likely N-dealkylation sites (tertiary alicyclic amines) is 1. The molecule has 1 unspecified atom stereocenters. The number of piperidine rings is 1. The van der Waals surface area contributed by atoms with Crippen LogP contribution in [0.5, 0.6) is 0 Å². The fourth-order valence-corrected chi connectivity index (χ4v) is 2.49. The van der Waals surface area contributed by atoms with E-state index in [2.05, 4.69) is 20.2 Å². The molecule has 2 heterocycles. The summed E-state index contributed by atoms with van der Waals surface area (Å²) in [7, 11) is 0. The summed E-state index contributed by atoms with van der Waals surface area (Å²) in [5, 5.41) is 11.6. The number of carboxylic acid groups (broad SMARTS) is 1. The summed E-state index contributed by atoms with van der Waals surface area (Å²) in [6.07, 6.45) is 7.50. The maximum Gasteiger partial charge on any atom is 0.317 e. The molecule has 1 aliphatic rings. The first kappa shape index (κ1) is 13.9. The maximum absolute atomic E-state index is 10.5. The van der Waals surface area contributed by atoms with Gasteiger partial charge >= 0.3 is 5.97 Å². The van der Waals surface area contributed by atoms with Crippen molar-refractivity contribution in [2.45, 2.75) is 19.4 Å². The Balaban J connectivity index is 1.75. The molecule has 1 fully saturated rings. The molecule has 1 saturated heterocycles. The second-order valence-corrected chi connectivity index (χ2v) is 4.96. The van der Waals surface area contributed by atoms with Crippen LogP contribution in [0.1, 0.15) is 18.5 Å². The summed E-state index contributed by atoms with van der Waals surface area (Å²) in [4.78, 5) is 21.2.